The minimum Gasteiger partial charge on any atom is -0.355 e. The number of anilines is 1. The van der Waals surface area contributed by atoms with Crippen LogP contribution < -0.4 is 4.90 Å². The van der Waals surface area contributed by atoms with Crippen molar-refractivity contribution < 1.29 is 0 Å². The Morgan fingerprint density at radius 1 is 0.968 bits per heavy atom. The Morgan fingerprint density at radius 2 is 1.84 bits per heavy atom. The molecule has 0 unspecified atom stereocenters. The van der Waals surface area contributed by atoms with Crippen LogP contribution in [-0.2, 0) is 13.1 Å². The van der Waals surface area contributed by atoms with Gasteiger partial charge in [0.15, 0.2) is 5.82 Å². The highest BCUT2D eigenvalue weighted by Gasteiger charge is 2.33. The average molecular weight is 436 g/mol. The van der Waals surface area contributed by atoms with Crippen LogP contribution in [0.5, 0.6) is 0 Å². The number of piperidine rings is 1. The first-order valence-corrected chi connectivity index (χ1v) is 11.6. The monoisotopic (exact) mass is 435 g/mol. The maximum absolute atomic E-state index is 6.39. The van der Waals surface area contributed by atoms with Crippen LogP contribution in [0, 0.1) is 0 Å². The number of benzene rings is 1. The molecular formula is C23H26ClN7. The van der Waals surface area contributed by atoms with Gasteiger partial charge in [0.1, 0.15) is 11.6 Å². The quantitative estimate of drug-likeness (QED) is 0.620. The highest BCUT2D eigenvalue weighted by molar-refractivity contribution is 6.30. The first kappa shape index (κ1) is 19.2. The van der Waals surface area contributed by atoms with Gasteiger partial charge in [0, 0.05) is 49.0 Å². The van der Waals surface area contributed by atoms with Gasteiger partial charge < -0.3 is 4.90 Å². The summed E-state index contributed by atoms with van der Waals surface area (Å²) in [7, 11) is 0. The lowest BCUT2D eigenvalue weighted by Crippen LogP contribution is -2.38. The number of fused-ring (bicyclic) bond motifs is 3. The number of rotatable bonds is 3. The fourth-order valence-electron chi connectivity index (χ4n) is 5.15. The van der Waals surface area contributed by atoms with Gasteiger partial charge in [0.05, 0.1) is 18.4 Å². The normalized spacial score (nSPS) is 20.1. The zero-order chi connectivity index (χ0) is 20.8. The zero-order valence-corrected chi connectivity index (χ0v) is 18.2. The van der Waals surface area contributed by atoms with Crippen LogP contribution in [0.1, 0.15) is 55.2 Å². The Bertz CT molecular complexity index is 1070. The van der Waals surface area contributed by atoms with Crippen molar-refractivity contribution in [2.45, 2.75) is 57.2 Å². The molecule has 160 valence electrons. The minimum absolute atomic E-state index is 0.382. The third-order valence-electron chi connectivity index (χ3n) is 7.08. The molecule has 3 aliphatic rings. The van der Waals surface area contributed by atoms with Gasteiger partial charge >= 0.3 is 0 Å². The van der Waals surface area contributed by atoms with Gasteiger partial charge in [0.25, 0.3) is 0 Å². The second-order valence-electron chi connectivity index (χ2n) is 8.90. The van der Waals surface area contributed by atoms with E-state index in [1.807, 2.05) is 12.3 Å². The Morgan fingerprint density at radius 3 is 2.58 bits per heavy atom. The van der Waals surface area contributed by atoms with Gasteiger partial charge in [-0.3, -0.25) is 14.5 Å². The molecular weight excluding hydrogens is 410 g/mol. The Hall–Kier alpha value is -2.51. The molecule has 1 aromatic carbocycles. The van der Waals surface area contributed by atoms with Crippen molar-refractivity contribution in [2.24, 2.45) is 0 Å². The molecule has 8 heteroatoms. The number of aromatic nitrogens is 5. The summed E-state index contributed by atoms with van der Waals surface area (Å²) in [6, 6.07) is 6.91. The Balaban J connectivity index is 1.31. The van der Waals surface area contributed by atoms with Crippen molar-refractivity contribution in [1.82, 2.24) is 29.6 Å². The van der Waals surface area contributed by atoms with E-state index in [0.29, 0.717) is 12.0 Å². The molecule has 2 aromatic heterocycles. The maximum atomic E-state index is 6.39. The Labute approximate surface area is 187 Å². The van der Waals surface area contributed by atoms with Crippen molar-refractivity contribution in [1.29, 1.82) is 0 Å². The summed E-state index contributed by atoms with van der Waals surface area (Å²) >= 11 is 6.39. The second-order valence-corrected chi connectivity index (χ2v) is 9.33. The molecule has 2 fully saturated rings. The standard InChI is InChI=1S/C23H26ClN7/c24-18-4-5-20-17(12-18)14-30(19-2-1-3-19)15-22-27-28-23(31(20)22)16-6-10-29(11-7-16)21-13-25-8-9-26-21/h4-5,8-9,12-13,16,19H,1-3,6-7,10-11,14-15H2. The van der Waals surface area contributed by atoms with E-state index in [1.54, 1.807) is 12.4 Å². The lowest BCUT2D eigenvalue weighted by molar-refractivity contribution is 0.110. The number of nitrogens with zero attached hydrogens (tertiary/aromatic N) is 7. The molecule has 1 saturated carbocycles. The van der Waals surface area contributed by atoms with E-state index in [0.717, 1.165) is 61.5 Å². The molecule has 0 bridgehead atoms. The summed E-state index contributed by atoms with van der Waals surface area (Å²) in [6.07, 6.45) is 11.3. The topological polar surface area (TPSA) is 63.0 Å². The highest BCUT2D eigenvalue weighted by Crippen LogP contribution is 2.36. The molecule has 4 heterocycles. The summed E-state index contributed by atoms with van der Waals surface area (Å²) in [5.74, 6) is 3.48. The zero-order valence-electron chi connectivity index (χ0n) is 17.5. The van der Waals surface area contributed by atoms with Gasteiger partial charge in [0.2, 0.25) is 0 Å². The second kappa shape index (κ2) is 7.88. The molecule has 7 nitrogen and oxygen atoms in total. The van der Waals surface area contributed by atoms with Crippen LogP contribution in [0.15, 0.2) is 36.8 Å². The largest absolute Gasteiger partial charge is 0.355 e. The van der Waals surface area contributed by atoms with Crippen LogP contribution >= 0.6 is 11.6 Å². The van der Waals surface area contributed by atoms with Gasteiger partial charge in [-0.05, 0) is 49.4 Å². The summed E-state index contributed by atoms with van der Waals surface area (Å²) in [5.41, 5.74) is 2.47. The summed E-state index contributed by atoms with van der Waals surface area (Å²) in [6.45, 7) is 3.68. The maximum Gasteiger partial charge on any atom is 0.151 e. The smallest absolute Gasteiger partial charge is 0.151 e. The van der Waals surface area contributed by atoms with Gasteiger partial charge in [-0.1, -0.05) is 18.0 Å². The summed E-state index contributed by atoms with van der Waals surface area (Å²) in [4.78, 5) is 13.6. The number of hydrogen-bond donors (Lipinski definition) is 0. The minimum atomic E-state index is 0.382. The predicted octanol–water partition coefficient (Wildman–Crippen LogP) is 3.96. The lowest BCUT2D eigenvalue weighted by Gasteiger charge is -2.36. The van der Waals surface area contributed by atoms with Crippen LogP contribution in [0.2, 0.25) is 5.02 Å². The van der Waals surface area contributed by atoms with Crippen molar-refractivity contribution in [2.75, 3.05) is 18.0 Å². The molecule has 0 radical (unpaired) electrons. The van der Waals surface area contributed by atoms with E-state index in [9.17, 15) is 0 Å². The molecule has 6 rings (SSSR count). The van der Waals surface area contributed by atoms with Gasteiger partial charge in [-0.2, -0.15) is 0 Å². The first-order valence-electron chi connectivity index (χ1n) is 11.2. The van der Waals surface area contributed by atoms with E-state index < -0.39 is 0 Å². The number of halogens is 1. The van der Waals surface area contributed by atoms with Crippen LogP contribution in [-0.4, -0.2) is 48.8 Å². The highest BCUT2D eigenvalue weighted by atomic mass is 35.5. The van der Waals surface area contributed by atoms with Crippen LogP contribution in [0.25, 0.3) is 5.69 Å². The molecule has 3 aromatic rings. The summed E-state index contributed by atoms with van der Waals surface area (Å²) in [5, 5.41) is 10.2. The van der Waals surface area contributed by atoms with E-state index >= 15 is 0 Å². The van der Waals surface area contributed by atoms with Gasteiger partial charge in [-0.25, -0.2) is 4.98 Å². The molecule has 0 amide bonds. The Kier molecular flexibility index (Phi) is 4.88. The molecule has 1 saturated heterocycles. The SMILES string of the molecule is Clc1ccc2c(c1)CN(C1CCC1)Cc1nnc(C3CCN(c4cnccn4)CC3)n1-2. The van der Waals surface area contributed by atoms with Crippen molar-refractivity contribution in [3.8, 4) is 5.69 Å². The van der Waals surface area contributed by atoms with Crippen LogP contribution in [0.4, 0.5) is 5.82 Å². The molecule has 0 N–H and O–H groups in total. The number of hydrogen-bond acceptors (Lipinski definition) is 6. The molecule has 0 atom stereocenters. The predicted molar refractivity (Wildman–Crippen MR) is 119 cm³/mol. The van der Waals surface area contributed by atoms with E-state index in [2.05, 4.69) is 41.6 Å². The molecule has 1 aliphatic carbocycles. The van der Waals surface area contributed by atoms with Crippen molar-refractivity contribution in [3.05, 3.63) is 59.0 Å². The van der Waals surface area contributed by atoms with Crippen LogP contribution in [0.3, 0.4) is 0 Å². The van der Waals surface area contributed by atoms with Gasteiger partial charge in [-0.15, -0.1) is 10.2 Å². The van der Waals surface area contributed by atoms with E-state index in [4.69, 9.17) is 16.7 Å². The molecule has 31 heavy (non-hydrogen) atoms. The molecule has 0 spiro atoms. The van der Waals surface area contributed by atoms with E-state index in [-0.39, 0.29) is 0 Å². The molecule has 2 aliphatic heterocycles. The van der Waals surface area contributed by atoms with Crippen molar-refractivity contribution in [3.63, 3.8) is 0 Å². The fraction of sp³-hybridized carbons (Fsp3) is 0.478. The average Bonchev–Trinajstić information content (AvgIpc) is 3.10. The lowest BCUT2D eigenvalue weighted by atomic mass is 9.91. The van der Waals surface area contributed by atoms with E-state index in [1.165, 1.54) is 30.5 Å². The fourth-order valence-corrected chi connectivity index (χ4v) is 5.34. The third-order valence-corrected chi connectivity index (χ3v) is 7.32. The first-order chi connectivity index (χ1) is 15.3. The summed E-state index contributed by atoms with van der Waals surface area (Å²) < 4.78 is 2.33. The third kappa shape index (κ3) is 3.49. The van der Waals surface area contributed by atoms with Crippen molar-refractivity contribution >= 4 is 17.4 Å².